The lowest BCUT2D eigenvalue weighted by Gasteiger charge is -2.12. The van der Waals surface area contributed by atoms with Crippen molar-refractivity contribution in [3.05, 3.63) is 28.8 Å². The molecule has 1 N–H and O–H groups in total. The summed E-state index contributed by atoms with van der Waals surface area (Å²) in [5.41, 5.74) is 0.777. The maximum atomic E-state index is 9.29. The van der Waals surface area contributed by atoms with E-state index in [-0.39, 0.29) is 0 Å². The topological polar surface area (TPSA) is 91.4 Å². The number of nitriles is 1. The molecular formula is C14H12BrN5O. The van der Waals surface area contributed by atoms with Crippen LogP contribution in [-0.2, 0) is 5.41 Å². The number of fused-ring (bicyclic) bond motifs is 1. The fourth-order valence-electron chi connectivity index (χ4n) is 2.00. The van der Waals surface area contributed by atoms with Gasteiger partial charge in [-0.25, -0.2) is 4.98 Å². The highest BCUT2D eigenvalue weighted by molar-refractivity contribution is 9.10. The molecule has 0 radical (unpaired) electrons. The highest BCUT2D eigenvalue weighted by atomic mass is 79.9. The van der Waals surface area contributed by atoms with Gasteiger partial charge in [0.2, 0.25) is 11.7 Å². The highest BCUT2D eigenvalue weighted by Crippen LogP contribution is 2.31. The lowest BCUT2D eigenvalue weighted by atomic mass is 9.89. The molecule has 3 heterocycles. The van der Waals surface area contributed by atoms with Crippen LogP contribution in [0.2, 0.25) is 0 Å². The number of H-pyrrole nitrogens is 1. The van der Waals surface area contributed by atoms with E-state index >= 15 is 0 Å². The third kappa shape index (κ3) is 2.21. The van der Waals surface area contributed by atoms with E-state index in [4.69, 9.17) is 4.52 Å². The molecule has 106 valence electrons. The molecule has 1 atom stereocenters. The van der Waals surface area contributed by atoms with Crippen LogP contribution in [0.4, 0.5) is 0 Å². The van der Waals surface area contributed by atoms with Gasteiger partial charge in [0.15, 0.2) is 0 Å². The lowest BCUT2D eigenvalue weighted by molar-refractivity contribution is 0.326. The number of pyridine rings is 1. The molecule has 0 saturated carbocycles. The maximum absolute atomic E-state index is 9.29. The zero-order valence-electron chi connectivity index (χ0n) is 11.5. The van der Waals surface area contributed by atoms with Crippen molar-refractivity contribution in [1.82, 2.24) is 20.1 Å². The average molecular weight is 346 g/mol. The predicted octanol–water partition coefficient (Wildman–Crippen LogP) is 3.57. The number of hydrogen-bond donors (Lipinski definition) is 1. The van der Waals surface area contributed by atoms with E-state index in [0.29, 0.717) is 18.1 Å². The van der Waals surface area contributed by atoms with Crippen molar-refractivity contribution in [3.63, 3.8) is 0 Å². The second-order valence-corrected chi connectivity index (χ2v) is 5.89. The predicted molar refractivity (Wildman–Crippen MR) is 80.3 cm³/mol. The molecule has 21 heavy (non-hydrogen) atoms. The van der Waals surface area contributed by atoms with Gasteiger partial charge < -0.3 is 9.51 Å². The number of aromatic amines is 1. The Labute approximate surface area is 129 Å². The Morgan fingerprint density at radius 1 is 1.52 bits per heavy atom. The second kappa shape index (κ2) is 4.97. The number of rotatable bonds is 3. The van der Waals surface area contributed by atoms with E-state index in [9.17, 15) is 5.26 Å². The number of hydrogen-bond acceptors (Lipinski definition) is 5. The molecule has 3 rings (SSSR count). The first-order chi connectivity index (χ1) is 10.1. The monoisotopic (exact) mass is 345 g/mol. The minimum absolute atomic E-state index is 0.333. The number of nitrogens with one attached hydrogen (secondary N) is 1. The summed E-state index contributed by atoms with van der Waals surface area (Å²) in [4.78, 5) is 11.7. The van der Waals surface area contributed by atoms with Crippen molar-refractivity contribution in [2.75, 3.05) is 0 Å². The molecule has 3 aromatic rings. The second-order valence-electron chi connectivity index (χ2n) is 4.97. The molecule has 0 aromatic carbocycles. The summed E-state index contributed by atoms with van der Waals surface area (Å²) in [7, 11) is 0. The average Bonchev–Trinajstić information content (AvgIpc) is 3.12. The molecule has 0 amide bonds. The Morgan fingerprint density at radius 2 is 2.33 bits per heavy atom. The van der Waals surface area contributed by atoms with Gasteiger partial charge in [0.05, 0.1) is 6.07 Å². The van der Waals surface area contributed by atoms with Gasteiger partial charge in [-0.05, 0) is 35.3 Å². The zero-order valence-corrected chi connectivity index (χ0v) is 13.1. The van der Waals surface area contributed by atoms with Crippen molar-refractivity contribution >= 4 is 27.0 Å². The van der Waals surface area contributed by atoms with Gasteiger partial charge in [0, 0.05) is 27.8 Å². The fourth-order valence-corrected chi connectivity index (χ4v) is 2.33. The van der Waals surface area contributed by atoms with Crippen LogP contribution in [0.1, 0.15) is 26.2 Å². The molecule has 0 fully saturated rings. The molecule has 0 spiro atoms. The smallest absolute Gasteiger partial charge is 0.247 e. The van der Waals surface area contributed by atoms with Crippen molar-refractivity contribution < 1.29 is 4.52 Å². The summed E-state index contributed by atoms with van der Waals surface area (Å²) >= 11 is 3.40. The quantitative estimate of drug-likeness (QED) is 0.783. The molecule has 7 heteroatoms. The third-order valence-electron chi connectivity index (χ3n) is 3.59. The molecule has 1 unspecified atom stereocenters. The van der Waals surface area contributed by atoms with Gasteiger partial charge in [-0.2, -0.15) is 10.2 Å². The van der Waals surface area contributed by atoms with Crippen LogP contribution in [-0.4, -0.2) is 20.1 Å². The molecular weight excluding hydrogens is 334 g/mol. The minimum atomic E-state index is -0.768. The summed E-state index contributed by atoms with van der Waals surface area (Å²) < 4.78 is 6.16. The van der Waals surface area contributed by atoms with Crippen LogP contribution in [0.3, 0.4) is 0 Å². The molecule has 0 aliphatic rings. The number of halogens is 1. The third-order valence-corrected chi connectivity index (χ3v) is 4.02. The molecule has 0 bridgehead atoms. The molecule has 0 aliphatic heterocycles. The maximum Gasteiger partial charge on any atom is 0.247 e. The largest absolute Gasteiger partial charge is 0.345 e. The first-order valence-electron chi connectivity index (χ1n) is 6.46. The Hall–Kier alpha value is -2.20. The van der Waals surface area contributed by atoms with Gasteiger partial charge in [0.25, 0.3) is 0 Å². The first-order valence-corrected chi connectivity index (χ1v) is 7.25. The molecule has 0 saturated heterocycles. The normalized spacial score (nSPS) is 14.0. The van der Waals surface area contributed by atoms with Crippen molar-refractivity contribution in [3.8, 4) is 17.5 Å². The van der Waals surface area contributed by atoms with Crippen molar-refractivity contribution in [2.24, 2.45) is 0 Å². The summed E-state index contributed by atoms with van der Waals surface area (Å²) in [5, 5.41) is 14.2. The Balaban J connectivity index is 2.11. The summed E-state index contributed by atoms with van der Waals surface area (Å²) in [6.45, 7) is 3.71. The minimum Gasteiger partial charge on any atom is -0.345 e. The molecule has 6 nitrogen and oxygen atoms in total. The van der Waals surface area contributed by atoms with E-state index < -0.39 is 5.41 Å². The standard InChI is InChI=1S/C14H12BrN5O/c1-3-14(2,7-16)13-19-12(20-21-13)10-6-18-11-9(10)4-8(15)5-17-11/h4-6H,3H2,1-2H3,(H,17,18). The summed E-state index contributed by atoms with van der Waals surface area (Å²) in [5.74, 6) is 0.783. The van der Waals surface area contributed by atoms with E-state index in [1.165, 1.54) is 0 Å². The fraction of sp³-hybridized carbons (Fsp3) is 0.286. The van der Waals surface area contributed by atoms with Gasteiger partial charge in [0.1, 0.15) is 11.1 Å². The van der Waals surface area contributed by atoms with E-state index in [1.807, 2.05) is 13.0 Å². The van der Waals surface area contributed by atoms with Crippen LogP contribution in [0, 0.1) is 11.3 Å². The number of nitrogens with zero attached hydrogens (tertiary/aromatic N) is 4. The SMILES string of the molecule is CCC(C)(C#N)c1nc(-c2c[nH]c3ncc(Br)cc23)no1. The van der Waals surface area contributed by atoms with Crippen LogP contribution < -0.4 is 0 Å². The van der Waals surface area contributed by atoms with E-state index in [1.54, 1.807) is 19.3 Å². The van der Waals surface area contributed by atoms with E-state index in [2.05, 4.69) is 42.1 Å². The van der Waals surface area contributed by atoms with Crippen molar-refractivity contribution in [1.29, 1.82) is 5.26 Å². The Morgan fingerprint density at radius 3 is 3.05 bits per heavy atom. The summed E-state index contributed by atoms with van der Waals surface area (Å²) in [6, 6.07) is 4.16. The van der Waals surface area contributed by atoms with Gasteiger partial charge in [-0.3, -0.25) is 0 Å². The van der Waals surface area contributed by atoms with Crippen LogP contribution in [0.5, 0.6) is 0 Å². The first kappa shape index (κ1) is 13.8. The zero-order chi connectivity index (χ0) is 15.0. The molecule has 3 aromatic heterocycles. The van der Waals surface area contributed by atoms with Gasteiger partial charge in [-0.15, -0.1) is 0 Å². The van der Waals surface area contributed by atoms with Crippen molar-refractivity contribution in [2.45, 2.75) is 25.7 Å². The van der Waals surface area contributed by atoms with Crippen LogP contribution >= 0.6 is 15.9 Å². The van der Waals surface area contributed by atoms with Crippen LogP contribution in [0.15, 0.2) is 27.5 Å². The van der Waals surface area contributed by atoms with Crippen LogP contribution in [0.25, 0.3) is 22.4 Å². The lowest BCUT2D eigenvalue weighted by Crippen LogP contribution is -2.18. The summed E-state index contributed by atoms with van der Waals surface area (Å²) in [6.07, 6.45) is 4.11. The Kier molecular flexibility index (Phi) is 3.26. The van der Waals surface area contributed by atoms with Gasteiger partial charge in [-0.1, -0.05) is 12.1 Å². The van der Waals surface area contributed by atoms with E-state index in [0.717, 1.165) is 21.1 Å². The Bertz CT molecular complexity index is 847. The van der Waals surface area contributed by atoms with Gasteiger partial charge >= 0.3 is 0 Å². The number of aromatic nitrogens is 4. The molecule has 0 aliphatic carbocycles. The highest BCUT2D eigenvalue weighted by Gasteiger charge is 2.31.